The Morgan fingerprint density at radius 2 is 2.18 bits per heavy atom. The Morgan fingerprint density at radius 1 is 1.41 bits per heavy atom. The van der Waals surface area contributed by atoms with Crippen molar-refractivity contribution in [2.24, 2.45) is 7.05 Å². The summed E-state index contributed by atoms with van der Waals surface area (Å²) >= 11 is 0. The number of nitrogens with one attached hydrogen (secondary N) is 1. The summed E-state index contributed by atoms with van der Waals surface area (Å²) in [6.45, 7) is -0.309. The fourth-order valence-corrected chi connectivity index (χ4v) is 1.81. The van der Waals surface area contributed by atoms with Crippen molar-refractivity contribution in [2.45, 2.75) is 0 Å². The Morgan fingerprint density at radius 3 is 2.88 bits per heavy atom. The summed E-state index contributed by atoms with van der Waals surface area (Å²) in [5.41, 5.74) is 7.59. The summed E-state index contributed by atoms with van der Waals surface area (Å²) in [5.74, 6) is 0. The maximum Gasteiger partial charge on any atom is 0.252 e. The molecular formula is C12H14FN3O. The number of nitrogen functional groups attached to an aromatic ring is 1. The number of aryl methyl sites for hydroxylation is 1. The van der Waals surface area contributed by atoms with Crippen LogP contribution in [0.4, 0.5) is 15.8 Å². The molecule has 0 aliphatic rings. The topological polar surface area (TPSA) is 60.0 Å². The molecule has 0 radical (unpaired) electrons. The summed E-state index contributed by atoms with van der Waals surface area (Å²) in [5, 5.41) is 3.71. The zero-order chi connectivity index (χ0) is 12.4. The zero-order valence-electron chi connectivity index (χ0n) is 9.53. The summed E-state index contributed by atoms with van der Waals surface area (Å²) in [6, 6.07) is 6.75. The van der Waals surface area contributed by atoms with Crippen molar-refractivity contribution in [3.05, 3.63) is 34.6 Å². The molecule has 4 nitrogen and oxygen atoms in total. The molecule has 0 amide bonds. The highest BCUT2D eigenvalue weighted by Crippen LogP contribution is 2.23. The van der Waals surface area contributed by atoms with Crippen LogP contribution in [-0.4, -0.2) is 17.8 Å². The molecule has 90 valence electrons. The van der Waals surface area contributed by atoms with Gasteiger partial charge in [-0.3, -0.25) is 4.79 Å². The Bertz CT molecular complexity index is 606. The fraction of sp³-hybridized carbons (Fsp3) is 0.250. The predicted molar refractivity (Wildman–Crippen MR) is 68.1 cm³/mol. The predicted octanol–water partition coefficient (Wildman–Crippen LogP) is 1.50. The van der Waals surface area contributed by atoms with Crippen molar-refractivity contribution < 1.29 is 4.39 Å². The molecule has 0 saturated carbocycles. The van der Waals surface area contributed by atoms with Crippen LogP contribution in [0.15, 0.2) is 29.1 Å². The first kappa shape index (κ1) is 11.4. The number of alkyl halides is 1. The lowest BCUT2D eigenvalue weighted by atomic mass is 10.1. The number of fused-ring (bicyclic) bond motifs is 1. The molecule has 1 aromatic carbocycles. The van der Waals surface area contributed by atoms with Crippen LogP contribution in [0, 0.1) is 0 Å². The molecule has 0 spiro atoms. The quantitative estimate of drug-likeness (QED) is 0.793. The standard InChI is InChI=1S/C12H14FN3O/c1-16-11-3-2-8(14)6-9(11)10(7-12(16)17)15-5-4-13/h2-3,6-7,15H,4-5,14H2,1H3. The van der Waals surface area contributed by atoms with E-state index >= 15 is 0 Å². The van der Waals surface area contributed by atoms with E-state index in [0.29, 0.717) is 11.4 Å². The van der Waals surface area contributed by atoms with Gasteiger partial charge in [0.1, 0.15) is 6.67 Å². The van der Waals surface area contributed by atoms with Gasteiger partial charge in [-0.1, -0.05) is 0 Å². The smallest absolute Gasteiger partial charge is 0.252 e. The first-order chi connectivity index (χ1) is 8.13. The van der Waals surface area contributed by atoms with Gasteiger partial charge in [0.2, 0.25) is 0 Å². The minimum absolute atomic E-state index is 0.136. The molecule has 0 atom stereocenters. The van der Waals surface area contributed by atoms with E-state index in [1.165, 1.54) is 10.6 Å². The lowest BCUT2D eigenvalue weighted by molar-refractivity contribution is 0.513. The SMILES string of the molecule is Cn1c(=O)cc(NCCF)c2cc(N)ccc21. The molecule has 0 bridgehead atoms. The summed E-state index contributed by atoms with van der Waals surface area (Å²) in [7, 11) is 1.69. The first-order valence-corrected chi connectivity index (χ1v) is 5.32. The van der Waals surface area contributed by atoms with Gasteiger partial charge in [0.15, 0.2) is 0 Å². The van der Waals surface area contributed by atoms with Gasteiger partial charge in [0.05, 0.1) is 5.52 Å². The number of benzene rings is 1. The van der Waals surface area contributed by atoms with Gasteiger partial charge in [0.25, 0.3) is 5.56 Å². The van der Waals surface area contributed by atoms with E-state index in [1.807, 2.05) is 0 Å². The van der Waals surface area contributed by atoms with Crippen molar-refractivity contribution in [1.82, 2.24) is 4.57 Å². The number of nitrogens with zero attached hydrogens (tertiary/aromatic N) is 1. The van der Waals surface area contributed by atoms with Crippen LogP contribution in [0.1, 0.15) is 0 Å². The third kappa shape index (κ3) is 2.08. The van der Waals surface area contributed by atoms with Crippen molar-refractivity contribution >= 4 is 22.3 Å². The van der Waals surface area contributed by atoms with Gasteiger partial charge in [-0.05, 0) is 18.2 Å². The van der Waals surface area contributed by atoms with E-state index in [0.717, 1.165) is 10.9 Å². The van der Waals surface area contributed by atoms with E-state index in [-0.39, 0.29) is 12.1 Å². The van der Waals surface area contributed by atoms with Crippen molar-refractivity contribution in [2.75, 3.05) is 24.3 Å². The number of hydrogen-bond acceptors (Lipinski definition) is 3. The highest BCUT2D eigenvalue weighted by atomic mass is 19.1. The average molecular weight is 235 g/mol. The van der Waals surface area contributed by atoms with Crippen LogP contribution in [0.5, 0.6) is 0 Å². The second-order valence-electron chi connectivity index (χ2n) is 3.85. The number of hydrogen-bond donors (Lipinski definition) is 2. The number of aromatic nitrogens is 1. The van der Waals surface area contributed by atoms with E-state index in [9.17, 15) is 9.18 Å². The number of rotatable bonds is 3. The molecule has 2 aromatic rings. The second kappa shape index (κ2) is 4.45. The Hall–Kier alpha value is -2.04. The maximum atomic E-state index is 12.2. The van der Waals surface area contributed by atoms with E-state index < -0.39 is 6.67 Å². The molecule has 0 unspecified atom stereocenters. The molecule has 5 heteroatoms. The molecule has 1 heterocycles. The molecular weight excluding hydrogens is 221 g/mol. The molecule has 3 N–H and O–H groups in total. The third-order valence-corrected chi connectivity index (χ3v) is 2.68. The molecule has 0 aliphatic heterocycles. The van der Waals surface area contributed by atoms with Gasteiger partial charge in [-0.15, -0.1) is 0 Å². The third-order valence-electron chi connectivity index (χ3n) is 2.68. The molecule has 0 saturated heterocycles. The molecule has 2 rings (SSSR count). The van der Waals surface area contributed by atoms with E-state index in [2.05, 4.69) is 5.32 Å². The van der Waals surface area contributed by atoms with Crippen LogP contribution in [-0.2, 0) is 7.05 Å². The largest absolute Gasteiger partial charge is 0.399 e. The Balaban J connectivity index is 2.69. The van der Waals surface area contributed by atoms with Crippen molar-refractivity contribution in [3.63, 3.8) is 0 Å². The normalized spacial score (nSPS) is 10.7. The van der Waals surface area contributed by atoms with Crippen molar-refractivity contribution in [1.29, 1.82) is 0 Å². The lowest BCUT2D eigenvalue weighted by Gasteiger charge is -2.11. The minimum Gasteiger partial charge on any atom is -0.399 e. The number of nitrogens with two attached hydrogens (primary N) is 1. The van der Waals surface area contributed by atoms with Gasteiger partial charge in [0, 0.05) is 36.4 Å². The fourth-order valence-electron chi connectivity index (χ4n) is 1.81. The summed E-state index contributed by atoms with van der Waals surface area (Å²) in [4.78, 5) is 11.7. The van der Waals surface area contributed by atoms with E-state index in [1.54, 1.807) is 25.2 Å². The minimum atomic E-state index is -0.487. The maximum absolute atomic E-state index is 12.2. The average Bonchev–Trinajstić information content (AvgIpc) is 2.32. The molecule has 0 fully saturated rings. The molecule has 0 aliphatic carbocycles. The monoisotopic (exact) mass is 235 g/mol. The number of halogens is 1. The lowest BCUT2D eigenvalue weighted by Crippen LogP contribution is -2.18. The van der Waals surface area contributed by atoms with Crippen molar-refractivity contribution in [3.8, 4) is 0 Å². The zero-order valence-corrected chi connectivity index (χ0v) is 9.53. The first-order valence-electron chi connectivity index (χ1n) is 5.32. The van der Waals surface area contributed by atoms with Gasteiger partial charge >= 0.3 is 0 Å². The number of pyridine rings is 1. The highest BCUT2D eigenvalue weighted by molar-refractivity contribution is 5.93. The summed E-state index contributed by atoms with van der Waals surface area (Å²) in [6.07, 6.45) is 0. The van der Waals surface area contributed by atoms with Gasteiger partial charge < -0.3 is 15.6 Å². The Kier molecular flexibility index (Phi) is 2.99. The van der Waals surface area contributed by atoms with Gasteiger partial charge in [-0.25, -0.2) is 4.39 Å². The van der Waals surface area contributed by atoms with Crippen LogP contribution in [0.25, 0.3) is 10.9 Å². The Labute approximate surface area is 97.9 Å². The van der Waals surface area contributed by atoms with Crippen LogP contribution in [0.2, 0.25) is 0 Å². The molecule has 17 heavy (non-hydrogen) atoms. The number of anilines is 2. The second-order valence-corrected chi connectivity index (χ2v) is 3.85. The van der Waals surface area contributed by atoms with Crippen LogP contribution < -0.4 is 16.6 Å². The summed E-state index contributed by atoms with van der Waals surface area (Å²) < 4.78 is 13.7. The van der Waals surface area contributed by atoms with Crippen LogP contribution in [0.3, 0.4) is 0 Å². The highest BCUT2D eigenvalue weighted by Gasteiger charge is 2.06. The molecule has 1 aromatic heterocycles. The van der Waals surface area contributed by atoms with Crippen LogP contribution >= 0.6 is 0 Å². The van der Waals surface area contributed by atoms with Gasteiger partial charge in [-0.2, -0.15) is 0 Å². The van der Waals surface area contributed by atoms with E-state index in [4.69, 9.17) is 5.73 Å².